The molecule has 1 heterocycles. The maximum absolute atomic E-state index is 12.4. The summed E-state index contributed by atoms with van der Waals surface area (Å²) in [6, 6.07) is 4.42. The maximum Gasteiger partial charge on any atom is 0.271 e. The number of nitrogens with one attached hydrogen (secondary N) is 1. The number of carbonyl (C=O) groups excluding carboxylic acids is 2. The Morgan fingerprint density at radius 2 is 1.92 bits per heavy atom. The van der Waals surface area contributed by atoms with E-state index < -0.39 is 4.92 Å². The average molecular weight is 333 g/mol. The second kappa shape index (κ2) is 7.42. The van der Waals surface area contributed by atoms with Gasteiger partial charge >= 0.3 is 0 Å². The molecule has 1 saturated heterocycles. The van der Waals surface area contributed by atoms with Crippen molar-refractivity contribution in [1.82, 2.24) is 4.90 Å². The Kier molecular flexibility index (Phi) is 5.54. The molecule has 0 aliphatic carbocycles. The maximum atomic E-state index is 12.4. The Morgan fingerprint density at radius 1 is 1.29 bits per heavy atom. The lowest BCUT2D eigenvalue weighted by molar-refractivity contribution is -0.384. The minimum atomic E-state index is -0.481. The zero-order valence-corrected chi connectivity index (χ0v) is 14.2. The number of rotatable bonds is 4. The number of nitro benzene ring substituents is 1. The smallest absolute Gasteiger partial charge is 0.271 e. The molecule has 24 heavy (non-hydrogen) atoms. The lowest BCUT2D eigenvalue weighted by atomic mass is 9.95. The molecule has 1 aliphatic rings. The monoisotopic (exact) mass is 333 g/mol. The van der Waals surface area contributed by atoms with E-state index in [2.05, 4.69) is 5.32 Å². The zero-order valence-electron chi connectivity index (χ0n) is 14.2. The Labute approximate surface area is 141 Å². The van der Waals surface area contributed by atoms with Crippen molar-refractivity contribution in [1.29, 1.82) is 0 Å². The zero-order chi connectivity index (χ0) is 17.9. The number of benzene rings is 1. The van der Waals surface area contributed by atoms with E-state index in [0.717, 1.165) is 5.56 Å². The lowest BCUT2D eigenvalue weighted by Gasteiger charge is -2.32. The number of amides is 2. The highest BCUT2D eigenvalue weighted by molar-refractivity contribution is 5.93. The fraction of sp³-hybridized carbons (Fsp3) is 0.529. The third-order valence-electron chi connectivity index (χ3n) is 4.36. The van der Waals surface area contributed by atoms with Gasteiger partial charge in [-0.2, -0.15) is 0 Å². The number of carbonyl (C=O) groups is 2. The van der Waals surface area contributed by atoms with Crippen molar-refractivity contribution in [2.45, 2.75) is 33.6 Å². The van der Waals surface area contributed by atoms with Crippen LogP contribution in [0, 0.1) is 28.9 Å². The molecule has 130 valence electrons. The molecule has 0 spiro atoms. The van der Waals surface area contributed by atoms with Crippen LogP contribution in [0.1, 0.15) is 32.3 Å². The van der Waals surface area contributed by atoms with Crippen molar-refractivity contribution in [2.75, 3.05) is 18.4 Å². The summed E-state index contributed by atoms with van der Waals surface area (Å²) in [5.41, 5.74) is 1.20. The predicted molar refractivity (Wildman–Crippen MR) is 90.6 cm³/mol. The molecule has 1 aliphatic heterocycles. The summed E-state index contributed by atoms with van der Waals surface area (Å²) in [7, 11) is 0. The number of likely N-dealkylation sites (tertiary alicyclic amines) is 1. The van der Waals surface area contributed by atoms with Crippen LogP contribution in [0.4, 0.5) is 11.4 Å². The number of anilines is 1. The van der Waals surface area contributed by atoms with E-state index in [1.807, 2.05) is 13.8 Å². The van der Waals surface area contributed by atoms with Crippen LogP contribution >= 0.6 is 0 Å². The minimum Gasteiger partial charge on any atom is -0.342 e. The van der Waals surface area contributed by atoms with Crippen LogP contribution in [-0.4, -0.2) is 34.7 Å². The summed E-state index contributed by atoms with van der Waals surface area (Å²) in [5, 5.41) is 13.7. The number of aryl methyl sites for hydroxylation is 1. The molecule has 0 radical (unpaired) electrons. The Bertz CT molecular complexity index is 649. The largest absolute Gasteiger partial charge is 0.342 e. The summed E-state index contributed by atoms with van der Waals surface area (Å²) in [6.07, 6.45) is 1.22. The minimum absolute atomic E-state index is 0.0390. The van der Waals surface area contributed by atoms with Gasteiger partial charge in [0, 0.05) is 37.1 Å². The van der Waals surface area contributed by atoms with Crippen LogP contribution in [0.15, 0.2) is 18.2 Å². The van der Waals surface area contributed by atoms with Crippen LogP contribution < -0.4 is 5.32 Å². The van der Waals surface area contributed by atoms with Gasteiger partial charge in [0.2, 0.25) is 11.8 Å². The van der Waals surface area contributed by atoms with Crippen LogP contribution in [-0.2, 0) is 9.59 Å². The van der Waals surface area contributed by atoms with E-state index in [0.29, 0.717) is 31.6 Å². The van der Waals surface area contributed by atoms with Crippen molar-refractivity contribution < 1.29 is 14.5 Å². The molecule has 1 fully saturated rings. The first-order valence-electron chi connectivity index (χ1n) is 8.14. The third-order valence-corrected chi connectivity index (χ3v) is 4.36. The summed E-state index contributed by atoms with van der Waals surface area (Å²) in [6.45, 7) is 6.67. The van der Waals surface area contributed by atoms with Gasteiger partial charge in [-0.15, -0.1) is 0 Å². The third kappa shape index (κ3) is 4.10. The molecule has 0 unspecified atom stereocenters. The molecule has 0 atom stereocenters. The molecule has 1 aromatic carbocycles. The second-order valence-electron chi connectivity index (χ2n) is 6.50. The van der Waals surface area contributed by atoms with Crippen LogP contribution in [0.5, 0.6) is 0 Å². The highest BCUT2D eigenvalue weighted by Crippen LogP contribution is 2.25. The van der Waals surface area contributed by atoms with E-state index in [-0.39, 0.29) is 29.3 Å². The summed E-state index contributed by atoms with van der Waals surface area (Å²) < 4.78 is 0. The Hall–Kier alpha value is -2.44. The number of nitrogens with zero attached hydrogens (tertiary/aromatic N) is 2. The molecule has 1 N–H and O–H groups in total. The Balaban J connectivity index is 1.98. The number of nitro groups is 1. The first kappa shape index (κ1) is 17.9. The summed E-state index contributed by atoms with van der Waals surface area (Å²) in [4.78, 5) is 36.6. The van der Waals surface area contributed by atoms with E-state index in [4.69, 9.17) is 0 Å². The van der Waals surface area contributed by atoms with E-state index in [1.54, 1.807) is 17.9 Å². The van der Waals surface area contributed by atoms with Crippen molar-refractivity contribution in [3.05, 3.63) is 33.9 Å². The normalized spacial score (nSPS) is 15.4. The second-order valence-corrected chi connectivity index (χ2v) is 6.50. The molecule has 0 bridgehead atoms. The Morgan fingerprint density at radius 3 is 2.46 bits per heavy atom. The van der Waals surface area contributed by atoms with Crippen molar-refractivity contribution in [3.8, 4) is 0 Å². The summed E-state index contributed by atoms with van der Waals surface area (Å²) >= 11 is 0. The van der Waals surface area contributed by atoms with E-state index in [9.17, 15) is 19.7 Å². The number of hydrogen-bond donors (Lipinski definition) is 1. The van der Waals surface area contributed by atoms with Crippen molar-refractivity contribution in [2.24, 2.45) is 11.8 Å². The van der Waals surface area contributed by atoms with Gasteiger partial charge in [-0.1, -0.05) is 19.9 Å². The molecule has 0 saturated carbocycles. The van der Waals surface area contributed by atoms with Crippen molar-refractivity contribution >= 4 is 23.2 Å². The van der Waals surface area contributed by atoms with Crippen LogP contribution in [0.25, 0.3) is 0 Å². The van der Waals surface area contributed by atoms with Crippen LogP contribution in [0.2, 0.25) is 0 Å². The molecule has 2 rings (SSSR count). The predicted octanol–water partition coefficient (Wildman–Crippen LogP) is 2.74. The van der Waals surface area contributed by atoms with Gasteiger partial charge in [0.1, 0.15) is 0 Å². The first-order valence-corrected chi connectivity index (χ1v) is 8.14. The molecule has 0 aromatic heterocycles. The highest BCUT2D eigenvalue weighted by atomic mass is 16.6. The van der Waals surface area contributed by atoms with Gasteiger partial charge < -0.3 is 10.2 Å². The molecule has 7 nitrogen and oxygen atoms in total. The van der Waals surface area contributed by atoms with Crippen LogP contribution in [0.3, 0.4) is 0 Å². The van der Waals surface area contributed by atoms with Gasteiger partial charge in [0.25, 0.3) is 5.69 Å². The fourth-order valence-electron chi connectivity index (χ4n) is 2.82. The van der Waals surface area contributed by atoms with E-state index in [1.165, 1.54) is 12.1 Å². The molecule has 7 heteroatoms. The summed E-state index contributed by atoms with van der Waals surface area (Å²) in [5.74, 6) is -0.249. The van der Waals surface area contributed by atoms with E-state index >= 15 is 0 Å². The quantitative estimate of drug-likeness (QED) is 0.677. The number of piperidine rings is 1. The SMILES string of the molecule is Cc1ccc([N+](=O)[O-])cc1NC(=O)C1CCN(C(=O)C(C)C)CC1. The lowest BCUT2D eigenvalue weighted by Crippen LogP contribution is -2.43. The molecule has 1 aromatic rings. The van der Waals surface area contributed by atoms with Crippen molar-refractivity contribution in [3.63, 3.8) is 0 Å². The number of hydrogen-bond acceptors (Lipinski definition) is 4. The van der Waals surface area contributed by atoms with Gasteiger partial charge in [-0.25, -0.2) is 0 Å². The van der Waals surface area contributed by atoms with Gasteiger partial charge in [-0.05, 0) is 25.3 Å². The number of non-ortho nitro benzene ring substituents is 1. The fourth-order valence-corrected chi connectivity index (χ4v) is 2.82. The molecular weight excluding hydrogens is 310 g/mol. The molecule has 2 amide bonds. The average Bonchev–Trinajstić information content (AvgIpc) is 2.55. The van der Waals surface area contributed by atoms with Gasteiger partial charge in [-0.3, -0.25) is 19.7 Å². The van der Waals surface area contributed by atoms with Gasteiger partial charge in [0.15, 0.2) is 0 Å². The molecular formula is C17H23N3O4. The van der Waals surface area contributed by atoms with Gasteiger partial charge in [0.05, 0.1) is 10.6 Å². The standard InChI is InChI=1S/C17H23N3O4/c1-11(2)17(22)19-8-6-13(7-9-19)16(21)18-15-10-14(20(23)24)5-4-12(15)3/h4-5,10-11,13H,6-9H2,1-3H3,(H,18,21). The first-order chi connectivity index (χ1) is 11.3. The highest BCUT2D eigenvalue weighted by Gasteiger charge is 2.28. The topological polar surface area (TPSA) is 92.6 Å².